The minimum absolute atomic E-state index is 0.0220. The van der Waals surface area contributed by atoms with Crippen LogP contribution >= 0.6 is 0 Å². The van der Waals surface area contributed by atoms with Gasteiger partial charge in [0, 0.05) is 65.4 Å². The molecule has 2 fully saturated rings. The zero-order valence-corrected chi connectivity index (χ0v) is 20.5. The zero-order valence-electron chi connectivity index (χ0n) is 20.5. The van der Waals surface area contributed by atoms with Crippen LogP contribution in [0.1, 0.15) is 38.7 Å². The molecule has 2 unspecified atom stereocenters. The molecule has 2 atom stereocenters. The molecule has 1 aromatic rings. The molecule has 0 saturated carbocycles. The second-order valence-electron chi connectivity index (χ2n) is 9.24. The van der Waals surface area contributed by atoms with Gasteiger partial charge in [0.05, 0.1) is 6.04 Å². The predicted molar refractivity (Wildman–Crippen MR) is 132 cm³/mol. The number of rotatable bonds is 8. The van der Waals surface area contributed by atoms with Crippen LogP contribution in [0.3, 0.4) is 0 Å². The highest BCUT2D eigenvalue weighted by Crippen LogP contribution is 2.14. The molecule has 2 heterocycles. The van der Waals surface area contributed by atoms with Gasteiger partial charge in [-0.25, -0.2) is 0 Å². The number of carbonyl (C=O) groups is 1. The van der Waals surface area contributed by atoms with Crippen LogP contribution in [0.15, 0.2) is 35.3 Å². The van der Waals surface area contributed by atoms with E-state index in [4.69, 9.17) is 0 Å². The highest BCUT2D eigenvalue weighted by atomic mass is 16.2. The van der Waals surface area contributed by atoms with E-state index in [9.17, 15) is 4.79 Å². The van der Waals surface area contributed by atoms with Crippen molar-refractivity contribution in [3.63, 3.8) is 0 Å². The van der Waals surface area contributed by atoms with Crippen molar-refractivity contribution in [3.8, 4) is 0 Å². The Kier molecular flexibility index (Phi) is 9.36. The predicted octanol–water partition coefficient (Wildman–Crippen LogP) is 2.10. The molecule has 1 amide bonds. The second-order valence-corrected chi connectivity index (χ2v) is 9.24. The highest BCUT2D eigenvalue weighted by Gasteiger charge is 2.30. The summed E-state index contributed by atoms with van der Waals surface area (Å²) in [5.41, 5.74) is 1.35. The summed E-state index contributed by atoms with van der Waals surface area (Å²) < 4.78 is 0. The topological polar surface area (TPSA) is 54.4 Å². The van der Waals surface area contributed by atoms with Crippen LogP contribution in [0.25, 0.3) is 0 Å². The molecule has 178 valence electrons. The molecule has 3 rings (SSSR count). The minimum Gasteiger partial charge on any atom is -0.356 e. The lowest BCUT2D eigenvalue weighted by molar-refractivity contribution is -0.135. The number of hydrogen-bond acceptors (Lipinski definition) is 4. The number of guanidine groups is 1. The van der Waals surface area contributed by atoms with Crippen LogP contribution in [0, 0.1) is 0 Å². The molecule has 2 saturated heterocycles. The molecular weight excluding hydrogens is 400 g/mol. The van der Waals surface area contributed by atoms with E-state index in [-0.39, 0.29) is 6.04 Å². The van der Waals surface area contributed by atoms with Crippen molar-refractivity contribution in [1.82, 2.24) is 24.9 Å². The maximum atomic E-state index is 12.7. The van der Waals surface area contributed by atoms with E-state index >= 15 is 0 Å². The molecule has 0 radical (unpaired) electrons. The monoisotopic (exact) mass is 442 g/mol. The Morgan fingerprint density at radius 3 is 2.31 bits per heavy atom. The first-order chi connectivity index (χ1) is 15.5. The van der Waals surface area contributed by atoms with Gasteiger partial charge in [0.1, 0.15) is 0 Å². The van der Waals surface area contributed by atoms with Gasteiger partial charge in [-0.2, -0.15) is 0 Å². The van der Waals surface area contributed by atoms with Gasteiger partial charge in [-0.1, -0.05) is 30.3 Å². The summed E-state index contributed by atoms with van der Waals surface area (Å²) in [7, 11) is 4.05. The average Bonchev–Trinajstić information content (AvgIpc) is 3.36. The van der Waals surface area contributed by atoms with Crippen molar-refractivity contribution in [3.05, 3.63) is 35.9 Å². The Balaban J connectivity index is 1.38. The smallest absolute Gasteiger partial charge is 0.239 e. The normalized spacial score (nSPS) is 20.0. The largest absolute Gasteiger partial charge is 0.356 e. The Morgan fingerprint density at radius 2 is 1.69 bits per heavy atom. The fourth-order valence-electron chi connectivity index (χ4n) is 4.65. The summed E-state index contributed by atoms with van der Waals surface area (Å²) in [6.45, 7) is 11.7. The molecule has 2 aliphatic rings. The molecule has 0 spiro atoms. The summed E-state index contributed by atoms with van der Waals surface area (Å²) in [6.07, 6.45) is 3.35. The summed E-state index contributed by atoms with van der Waals surface area (Å²) in [5.74, 6) is 1.27. The molecule has 1 N–H and O–H groups in total. The fraction of sp³-hybridized carbons (Fsp3) is 0.680. The Labute approximate surface area is 194 Å². The molecule has 0 bridgehead atoms. The van der Waals surface area contributed by atoms with Crippen LogP contribution < -0.4 is 5.32 Å². The Hall–Kier alpha value is -2.12. The van der Waals surface area contributed by atoms with E-state index < -0.39 is 0 Å². The maximum absolute atomic E-state index is 12.7. The number of nitrogens with one attached hydrogen (secondary N) is 1. The van der Waals surface area contributed by atoms with E-state index in [2.05, 4.69) is 76.2 Å². The van der Waals surface area contributed by atoms with Crippen molar-refractivity contribution in [1.29, 1.82) is 0 Å². The van der Waals surface area contributed by atoms with E-state index in [1.54, 1.807) is 0 Å². The molecular formula is C25H42N6O. The molecule has 7 nitrogen and oxygen atoms in total. The standard InChI is InChI=1S/C25H42N6O/c1-21(28(4)20-23-10-6-5-7-11-23)12-13-27-25(26-3)31-18-16-29(17-19-31)22(2)24(32)30-14-8-9-15-30/h5-7,10-11,21-22H,8-9,12-20H2,1-4H3,(H,26,27). The lowest BCUT2D eigenvalue weighted by Gasteiger charge is -2.39. The molecule has 32 heavy (non-hydrogen) atoms. The number of piperazine rings is 1. The third kappa shape index (κ3) is 6.69. The van der Waals surface area contributed by atoms with Gasteiger partial charge < -0.3 is 15.1 Å². The summed E-state index contributed by atoms with van der Waals surface area (Å²) >= 11 is 0. The number of likely N-dealkylation sites (tertiary alicyclic amines) is 1. The zero-order chi connectivity index (χ0) is 22.9. The third-order valence-electron chi connectivity index (χ3n) is 7.02. The van der Waals surface area contributed by atoms with Gasteiger partial charge >= 0.3 is 0 Å². The van der Waals surface area contributed by atoms with Crippen molar-refractivity contribution >= 4 is 11.9 Å². The Bertz CT molecular complexity index is 725. The van der Waals surface area contributed by atoms with Gasteiger partial charge in [0.25, 0.3) is 0 Å². The first-order valence-corrected chi connectivity index (χ1v) is 12.2. The number of nitrogens with zero attached hydrogens (tertiary/aromatic N) is 5. The van der Waals surface area contributed by atoms with E-state index in [1.807, 2.05) is 11.9 Å². The first kappa shape index (κ1) is 24.5. The van der Waals surface area contributed by atoms with Crippen LogP contribution in [-0.4, -0.2) is 103 Å². The summed E-state index contributed by atoms with van der Waals surface area (Å²) in [4.78, 5) is 26.3. The third-order valence-corrected chi connectivity index (χ3v) is 7.02. The Morgan fingerprint density at radius 1 is 1.03 bits per heavy atom. The lowest BCUT2D eigenvalue weighted by Crippen LogP contribution is -2.57. The highest BCUT2D eigenvalue weighted by molar-refractivity contribution is 5.82. The van der Waals surface area contributed by atoms with Crippen LogP contribution in [0.2, 0.25) is 0 Å². The maximum Gasteiger partial charge on any atom is 0.239 e. The van der Waals surface area contributed by atoms with Crippen LogP contribution in [0.4, 0.5) is 0 Å². The van der Waals surface area contributed by atoms with Gasteiger partial charge in [0.15, 0.2) is 5.96 Å². The molecule has 2 aliphatic heterocycles. The van der Waals surface area contributed by atoms with Crippen LogP contribution in [0.5, 0.6) is 0 Å². The van der Waals surface area contributed by atoms with E-state index in [1.165, 1.54) is 5.56 Å². The van der Waals surface area contributed by atoms with Crippen molar-refractivity contribution in [2.24, 2.45) is 4.99 Å². The van der Waals surface area contributed by atoms with E-state index in [0.29, 0.717) is 11.9 Å². The number of carbonyl (C=O) groups excluding carboxylic acids is 1. The molecule has 0 aliphatic carbocycles. The van der Waals surface area contributed by atoms with Gasteiger partial charge in [-0.05, 0) is 45.7 Å². The molecule has 0 aromatic heterocycles. The van der Waals surface area contributed by atoms with E-state index in [0.717, 1.165) is 77.6 Å². The van der Waals surface area contributed by atoms with Crippen molar-refractivity contribution in [2.45, 2.75) is 51.7 Å². The van der Waals surface area contributed by atoms with Gasteiger partial charge in [-0.15, -0.1) is 0 Å². The van der Waals surface area contributed by atoms with Gasteiger partial charge in [-0.3, -0.25) is 19.6 Å². The first-order valence-electron chi connectivity index (χ1n) is 12.2. The summed E-state index contributed by atoms with van der Waals surface area (Å²) in [5, 5.41) is 3.56. The number of amides is 1. The second kappa shape index (κ2) is 12.2. The lowest BCUT2D eigenvalue weighted by atomic mass is 10.1. The number of hydrogen-bond donors (Lipinski definition) is 1. The van der Waals surface area contributed by atoms with Gasteiger partial charge in [0.2, 0.25) is 5.91 Å². The molecule has 1 aromatic carbocycles. The average molecular weight is 443 g/mol. The fourth-order valence-corrected chi connectivity index (χ4v) is 4.65. The SMILES string of the molecule is CN=C(NCCC(C)N(C)Cc1ccccc1)N1CCN(C(C)C(=O)N2CCCC2)CC1. The molecule has 7 heteroatoms. The van der Waals surface area contributed by atoms with Crippen molar-refractivity contribution < 1.29 is 4.79 Å². The quantitative estimate of drug-likeness (QED) is 0.494. The number of benzene rings is 1. The minimum atomic E-state index is -0.0220. The number of aliphatic imine (C=N–C) groups is 1. The van der Waals surface area contributed by atoms with Crippen LogP contribution in [-0.2, 0) is 11.3 Å². The van der Waals surface area contributed by atoms with Crippen molar-refractivity contribution in [2.75, 3.05) is 59.9 Å². The summed E-state index contributed by atoms with van der Waals surface area (Å²) in [6, 6.07) is 11.1.